The molecule has 1 N–H and O–H groups in total. The monoisotopic (exact) mass is 279 g/mol. The van der Waals surface area contributed by atoms with Gasteiger partial charge in [0.2, 0.25) is 0 Å². The first-order chi connectivity index (χ1) is 8.81. The van der Waals surface area contributed by atoms with E-state index >= 15 is 0 Å². The van der Waals surface area contributed by atoms with E-state index in [1.807, 2.05) is 6.92 Å². The molecule has 8 heteroatoms. The highest BCUT2D eigenvalue weighted by Gasteiger charge is 2.33. The number of amides is 2. The minimum absolute atomic E-state index is 0.0404. The Morgan fingerprint density at radius 2 is 2.21 bits per heavy atom. The Morgan fingerprint density at radius 3 is 2.68 bits per heavy atom. The number of hydrogen-bond donors (Lipinski definition) is 1. The molecular weight excluding hydrogens is 263 g/mol. The van der Waals surface area contributed by atoms with Gasteiger partial charge in [-0.25, -0.2) is 4.79 Å². The van der Waals surface area contributed by atoms with E-state index in [0.717, 1.165) is 0 Å². The summed E-state index contributed by atoms with van der Waals surface area (Å²) < 4.78 is 41.9. The van der Waals surface area contributed by atoms with Gasteiger partial charge in [-0.05, 0) is 13.3 Å². The number of nitrogens with zero attached hydrogens (tertiary/aromatic N) is 2. The minimum atomic E-state index is -4.43. The van der Waals surface area contributed by atoms with Crippen molar-refractivity contribution in [2.45, 2.75) is 32.9 Å². The molecule has 0 spiro atoms. The van der Waals surface area contributed by atoms with Gasteiger partial charge < -0.3 is 9.42 Å². The lowest BCUT2D eigenvalue weighted by molar-refractivity contribution is -0.139. The molecule has 1 aromatic heterocycles. The molecule has 1 rings (SSSR count). The van der Waals surface area contributed by atoms with Crippen LogP contribution in [0, 0.1) is 6.92 Å². The fourth-order valence-corrected chi connectivity index (χ4v) is 1.43. The van der Waals surface area contributed by atoms with Crippen LogP contribution in [0.2, 0.25) is 0 Å². The summed E-state index contributed by atoms with van der Waals surface area (Å²) in [6.07, 6.45) is -3.23. The molecule has 19 heavy (non-hydrogen) atoms. The van der Waals surface area contributed by atoms with E-state index in [9.17, 15) is 18.0 Å². The molecule has 0 aromatic carbocycles. The van der Waals surface area contributed by atoms with Gasteiger partial charge in [0, 0.05) is 12.6 Å². The molecule has 0 saturated carbocycles. The molecule has 0 unspecified atom stereocenters. The Morgan fingerprint density at radius 1 is 1.53 bits per heavy atom. The number of carbonyl (C=O) groups is 1. The normalized spacial score (nSPS) is 11.4. The predicted molar refractivity (Wildman–Crippen MR) is 62.8 cm³/mol. The Labute approximate surface area is 108 Å². The number of hydrogen-bond acceptors (Lipinski definition) is 3. The first-order valence-electron chi connectivity index (χ1n) is 5.88. The molecule has 108 valence electrons. The molecule has 0 radical (unpaired) electrons. The van der Waals surface area contributed by atoms with Crippen LogP contribution in [0.15, 0.2) is 10.6 Å². The van der Waals surface area contributed by atoms with Gasteiger partial charge in [-0.3, -0.25) is 5.32 Å². The lowest BCUT2D eigenvalue weighted by Crippen LogP contribution is -2.42. The molecule has 0 aliphatic heterocycles. The Balaban J connectivity index is 2.65. The van der Waals surface area contributed by atoms with Crippen LogP contribution >= 0.6 is 0 Å². The lowest BCUT2D eigenvalue weighted by atomic mass is 10.3. The molecular formula is C11H16F3N3O2. The molecule has 0 saturated heterocycles. The second kappa shape index (κ2) is 6.44. The number of carbonyl (C=O) groups excluding carboxylic acids is 1. The fourth-order valence-electron chi connectivity index (χ4n) is 1.43. The van der Waals surface area contributed by atoms with E-state index in [4.69, 9.17) is 4.52 Å². The van der Waals surface area contributed by atoms with Crippen molar-refractivity contribution in [2.75, 3.05) is 18.4 Å². The zero-order chi connectivity index (χ0) is 14.5. The molecule has 2 amide bonds. The van der Waals surface area contributed by atoms with Gasteiger partial charge in [-0.1, -0.05) is 18.5 Å². The molecule has 1 heterocycles. The summed E-state index contributed by atoms with van der Waals surface area (Å²) in [5, 5.41) is 5.78. The highest BCUT2D eigenvalue weighted by Crippen LogP contribution is 2.18. The van der Waals surface area contributed by atoms with Crippen LogP contribution in [0.4, 0.5) is 23.8 Å². The summed E-state index contributed by atoms with van der Waals surface area (Å²) in [6.45, 7) is 2.21. The first kappa shape index (κ1) is 15.3. The summed E-state index contributed by atoms with van der Waals surface area (Å²) >= 11 is 0. The van der Waals surface area contributed by atoms with Crippen LogP contribution in [0.25, 0.3) is 0 Å². The number of alkyl halides is 3. The number of rotatable bonds is 5. The van der Waals surface area contributed by atoms with Crippen molar-refractivity contribution >= 4 is 11.8 Å². The summed E-state index contributed by atoms with van der Waals surface area (Å²) in [4.78, 5) is 12.5. The van der Waals surface area contributed by atoms with Gasteiger partial charge in [0.15, 0.2) is 5.82 Å². The van der Waals surface area contributed by atoms with Crippen molar-refractivity contribution in [3.63, 3.8) is 0 Å². The Bertz CT molecular complexity index is 418. The molecule has 0 bridgehead atoms. The summed E-state index contributed by atoms with van der Waals surface area (Å²) in [6, 6.07) is 0.600. The third kappa shape index (κ3) is 5.62. The number of urea groups is 1. The van der Waals surface area contributed by atoms with Crippen LogP contribution < -0.4 is 5.32 Å². The zero-order valence-electron chi connectivity index (χ0n) is 10.8. The Kier molecular flexibility index (Phi) is 5.20. The maximum Gasteiger partial charge on any atom is 0.406 e. The van der Waals surface area contributed by atoms with E-state index in [1.165, 1.54) is 6.07 Å². The van der Waals surface area contributed by atoms with E-state index < -0.39 is 18.8 Å². The van der Waals surface area contributed by atoms with Crippen LogP contribution in [0.1, 0.15) is 25.5 Å². The lowest BCUT2D eigenvalue weighted by Gasteiger charge is -2.23. The van der Waals surface area contributed by atoms with Crippen LogP contribution in [-0.2, 0) is 0 Å². The second-order valence-electron chi connectivity index (χ2n) is 4.14. The number of aryl methyl sites for hydroxylation is 1. The van der Waals surface area contributed by atoms with Crippen molar-refractivity contribution < 1.29 is 22.5 Å². The summed E-state index contributed by atoms with van der Waals surface area (Å²) in [5.41, 5.74) is 0. The summed E-state index contributed by atoms with van der Waals surface area (Å²) in [5.74, 6) is 0.567. The largest absolute Gasteiger partial charge is 0.406 e. The number of unbranched alkanes of at least 4 members (excludes halogenated alkanes) is 1. The average molecular weight is 279 g/mol. The minimum Gasteiger partial charge on any atom is -0.360 e. The summed E-state index contributed by atoms with van der Waals surface area (Å²) in [7, 11) is 0. The third-order valence-electron chi connectivity index (χ3n) is 2.30. The number of aromatic nitrogens is 1. The predicted octanol–water partition coefficient (Wildman–Crippen LogP) is 3.18. The van der Waals surface area contributed by atoms with Gasteiger partial charge in [-0.2, -0.15) is 13.2 Å². The molecule has 0 aliphatic rings. The highest BCUT2D eigenvalue weighted by molar-refractivity contribution is 5.88. The third-order valence-corrected chi connectivity index (χ3v) is 2.30. The molecule has 0 aliphatic carbocycles. The number of anilines is 1. The van der Waals surface area contributed by atoms with Crippen LogP contribution in [-0.4, -0.2) is 35.4 Å². The van der Waals surface area contributed by atoms with Gasteiger partial charge in [0.05, 0.1) is 0 Å². The van der Waals surface area contributed by atoms with Crippen molar-refractivity contribution in [2.24, 2.45) is 0 Å². The average Bonchev–Trinajstić information content (AvgIpc) is 2.68. The van der Waals surface area contributed by atoms with Crippen LogP contribution in [0.5, 0.6) is 0 Å². The van der Waals surface area contributed by atoms with E-state index in [2.05, 4.69) is 10.5 Å². The van der Waals surface area contributed by atoms with E-state index in [1.54, 1.807) is 6.92 Å². The molecule has 0 atom stereocenters. The fraction of sp³-hybridized carbons (Fsp3) is 0.636. The topological polar surface area (TPSA) is 58.4 Å². The van der Waals surface area contributed by atoms with Gasteiger partial charge in [0.1, 0.15) is 12.3 Å². The molecule has 5 nitrogen and oxygen atoms in total. The SMILES string of the molecule is CCCCN(CC(F)(F)F)C(=O)Nc1cc(C)on1. The van der Waals surface area contributed by atoms with Crippen molar-refractivity contribution in [1.29, 1.82) is 0 Å². The van der Waals surface area contributed by atoms with Crippen molar-refractivity contribution in [1.82, 2.24) is 10.1 Å². The van der Waals surface area contributed by atoms with Crippen molar-refractivity contribution in [3.05, 3.63) is 11.8 Å². The molecule has 1 aromatic rings. The standard InChI is InChI=1S/C11H16F3N3O2/c1-3-4-5-17(7-11(12,13)14)10(18)15-9-6-8(2)19-16-9/h6H,3-5,7H2,1-2H3,(H,15,16,18). The molecule has 0 fully saturated rings. The van der Waals surface area contributed by atoms with E-state index in [-0.39, 0.29) is 12.4 Å². The first-order valence-corrected chi connectivity index (χ1v) is 5.88. The van der Waals surface area contributed by atoms with Crippen LogP contribution in [0.3, 0.4) is 0 Å². The quantitative estimate of drug-likeness (QED) is 0.900. The van der Waals surface area contributed by atoms with Gasteiger partial charge >= 0.3 is 12.2 Å². The maximum absolute atomic E-state index is 12.4. The maximum atomic E-state index is 12.4. The van der Waals surface area contributed by atoms with Gasteiger partial charge in [0.25, 0.3) is 0 Å². The second-order valence-corrected chi connectivity index (χ2v) is 4.14. The number of nitrogens with one attached hydrogen (secondary N) is 1. The van der Waals surface area contributed by atoms with E-state index in [0.29, 0.717) is 23.5 Å². The van der Waals surface area contributed by atoms with Crippen molar-refractivity contribution in [3.8, 4) is 0 Å². The highest BCUT2D eigenvalue weighted by atomic mass is 19.4. The van der Waals surface area contributed by atoms with Gasteiger partial charge in [-0.15, -0.1) is 0 Å². The smallest absolute Gasteiger partial charge is 0.360 e. The number of halogens is 3. The Hall–Kier alpha value is -1.73. The zero-order valence-corrected chi connectivity index (χ0v) is 10.8.